The van der Waals surface area contributed by atoms with E-state index in [9.17, 15) is 0 Å². The molecular weight excluding hydrogens is 416 g/mol. The van der Waals surface area contributed by atoms with E-state index in [-0.39, 0.29) is 0 Å². The lowest BCUT2D eigenvalue weighted by Gasteiger charge is -2.28. The first kappa shape index (κ1) is 27.4. The van der Waals surface area contributed by atoms with Crippen molar-refractivity contribution in [2.45, 2.75) is 129 Å². The van der Waals surface area contributed by atoms with Crippen molar-refractivity contribution in [3.05, 3.63) is 24.3 Å². The average molecular weight is 471 g/mol. The zero-order chi connectivity index (χ0) is 23.8. The minimum atomic E-state index is 0.844. The highest BCUT2D eigenvalue weighted by molar-refractivity contribution is 5.31. The van der Waals surface area contributed by atoms with Gasteiger partial charge in [-0.3, -0.25) is 0 Å². The Morgan fingerprint density at radius 3 is 1.09 bits per heavy atom. The molecule has 0 amide bonds. The summed E-state index contributed by atoms with van der Waals surface area (Å²) in [5.74, 6) is 5.87. The van der Waals surface area contributed by atoms with Crippen LogP contribution < -0.4 is 9.47 Å². The van der Waals surface area contributed by atoms with Gasteiger partial charge in [-0.25, -0.2) is 0 Å². The summed E-state index contributed by atoms with van der Waals surface area (Å²) in [5.41, 5.74) is 0. The van der Waals surface area contributed by atoms with Gasteiger partial charge in [-0.15, -0.1) is 0 Å². The Labute approximate surface area is 211 Å². The first-order chi connectivity index (χ1) is 16.8. The van der Waals surface area contributed by atoms with Gasteiger partial charge in [0.2, 0.25) is 0 Å². The van der Waals surface area contributed by atoms with Crippen molar-refractivity contribution < 1.29 is 9.47 Å². The third kappa shape index (κ3) is 10.6. The Kier molecular flexibility index (Phi) is 13.3. The predicted molar refractivity (Wildman–Crippen MR) is 146 cm³/mol. The molecule has 2 nitrogen and oxygen atoms in total. The standard InChI is InChI=1S/C32H54O2/c1-3-5-9-27-13-17-29(18-14-27)11-7-25-33-31-21-23-32(24-22-31)34-26-8-12-30-19-15-28(16-20-30)10-6-4-2/h21-24,27-30H,3-20,25-26H2,1-2H3/t27-,28-,29-,30-. The van der Waals surface area contributed by atoms with E-state index in [1.165, 1.54) is 116 Å². The van der Waals surface area contributed by atoms with Crippen LogP contribution in [0.1, 0.15) is 129 Å². The van der Waals surface area contributed by atoms with Crippen molar-refractivity contribution in [3.8, 4) is 11.5 Å². The van der Waals surface area contributed by atoms with Crippen LogP contribution in [0, 0.1) is 23.7 Å². The maximum Gasteiger partial charge on any atom is 0.119 e. The smallest absolute Gasteiger partial charge is 0.119 e. The van der Waals surface area contributed by atoms with Gasteiger partial charge < -0.3 is 9.47 Å². The Bertz CT molecular complexity index is 553. The summed E-state index contributed by atoms with van der Waals surface area (Å²) in [6, 6.07) is 8.30. The van der Waals surface area contributed by atoms with E-state index in [0.717, 1.165) is 48.4 Å². The van der Waals surface area contributed by atoms with Crippen LogP contribution in [-0.4, -0.2) is 13.2 Å². The van der Waals surface area contributed by atoms with Gasteiger partial charge in [-0.1, -0.05) is 104 Å². The van der Waals surface area contributed by atoms with Crippen molar-refractivity contribution in [3.63, 3.8) is 0 Å². The summed E-state index contributed by atoms with van der Waals surface area (Å²) in [5, 5.41) is 0. The molecule has 1 aromatic rings. The van der Waals surface area contributed by atoms with E-state index in [4.69, 9.17) is 9.47 Å². The third-order valence-electron chi connectivity index (χ3n) is 8.74. The summed E-state index contributed by atoms with van der Waals surface area (Å²) in [6.45, 7) is 6.31. The van der Waals surface area contributed by atoms with Gasteiger partial charge in [0.15, 0.2) is 0 Å². The Morgan fingerprint density at radius 2 is 0.794 bits per heavy atom. The second-order valence-electron chi connectivity index (χ2n) is 11.5. The molecule has 0 aromatic heterocycles. The van der Waals surface area contributed by atoms with E-state index < -0.39 is 0 Å². The van der Waals surface area contributed by atoms with Gasteiger partial charge >= 0.3 is 0 Å². The fourth-order valence-corrected chi connectivity index (χ4v) is 6.36. The molecule has 2 fully saturated rings. The van der Waals surface area contributed by atoms with Crippen LogP contribution in [0.4, 0.5) is 0 Å². The highest BCUT2D eigenvalue weighted by atomic mass is 16.5. The average Bonchev–Trinajstić information content (AvgIpc) is 2.89. The van der Waals surface area contributed by atoms with Crippen LogP contribution in [0.25, 0.3) is 0 Å². The largest absolute Gasteiger partial charge is 0.494 e. The van der Waals surface area contributed by atoms with Gasteiger partial charge in [-0.05, 0) is 73.6 Å². The van der Waals surface area contributed by atoms with Crippen molar-refractivity contribution in [2.24, 2.45) is 23.7 Å². The summed E-state index contributed by atoms with van der Waals surface area (Å²) in [4.78, 5) is 0. The molecule has 3 rings (SSSR count). The molecule has 194 valence electrons. The molecular formula is C32H54O2. The number of unbranched alkanes of at least 4 members (excludes halogenated alkanes) is 2. The van der Waals surface area contributed by atoms with Crippen molar-refractivity contribution in [1.29, 1.82) is 0 Å². The molecule has 0 atom stereocenters. The second kappa shape index (κ2) is 16.5. The molecule has 0 radical (unpaired) electrons. The Morgan fingerprint density at radius 1 is 0.500 bits per heavy atom. The number of hydrogen-bond acceptors (Lipinski definition) is 2. The Hall–Kier alpha value is -1.18. The maximum absolute atomic E-state index is 6.01. The third-order valence-corrected chi connectivity index (χ3v) is 8.74. The highest BCUT2D eigenvalue weighted by Crippen LogP contribution is 2.35. The van der Waals surface area contributed by atoms with E-state index >= 15 is 0 Å². The minimum absolute atomic E-state index is 0.844. The number of benzene rings is 1. The van der Waals surface area contributed by atoms with E-state index in [1.54, 1.807) is 0 Å². The first-order valence-electron chi connectivity index (χ1n) is 15.1. The van der Waals surface area contributed by atoms with Crippen LogP contribution in [-0.2, 0) is 0 Å². The molecule has 0 bridgehead atoms. The lowest BCUT2D eigenvalue weighted by Crippen LogP contribution is -2.15. The van der Waals surface area contributed by atoms with Crippen LogP contribution in [0.5, 0.6) is 11.5 Å². The van der Waals surface area contributed by atoms with Crippen molar-refractivity contribution >= 4 is 0 Å². The number of hydrogen-bond donors (Lipinski definition) is 0. The van der Waals surface area contributed by atoms with Crippen LogP contribution in [0.15, 0.2) is 24.3 Å². The second-order valence-corrected chi connectivity index (χ2v) is 11.5. The molecule has 2 aliphatic rings. The fourth-order valence-electron chi connectivity index (χ4n) is 6.36. The topological polar surface area (TPSA) is 18.5 Å². The van der Waals surface area contributed by atoms with Crippen LogP contribution >= 0.6 is 0 Å². The highest BCUT2D eigenvalue weighted by Gasteiger charge is 2.21. The van der Waals surface area contributed by atoms with Crippen molar-refractivity contribution in [2.75, 3.05) is 13.2 Å². The summed E-state index contributed by atoms with van der Waals surface area (Å²) in [6.07, 6.45) is 25.2. The quantitative estimate of drug-likeness (QED) is 0.224. The normalized spacial score (nSPS) is 25.2. The summed E-state index contributed by atoms with van der Waals surface area (Å²) >= 11 is 0. The molecule has 0 heterocycles. The van der Waals surface area contributed by atoms with Crippen LogP contribution in [0.2, 0.25) is 0 Å². The zero-order valence-corrected chi connectivity index (χ0v) is 22.6. The van der Waals surface area contributed by atoms with Crippen LogP contribution in [0.3, 0.4) is 0 Å². The lowest BCUT2D eigenvalue weighted by molar-refractivity contribution is 0.227. The lowest BCUT2D eigenvalue weighted by atomic mass is 9.78. The van der Waals surface area contributed by atoms with Gasteiger partial charge in [0.25, 0.3) is 0 Å². The van der Waals surface area contributed by atoms with Gasteiger partial charge in [0, 0.05) is 0 Å². The molecule has 0 N–H and O–H groups in total. The molecule has 2 saturated carbocycles. The van der Waals surface area contributed by atoms with Gasteiger partial charge in [0.05, 0.1) is 13.2 Å². The summed E-state index contributed by atoms with van der Waals surface area (Å²) < 4.78 is 12.0. The molecule has 1 aromatic carbocycles. The predicted octanol–water partition coefficient (Wildman–Crippen LogP) is 10.00. The van der Waals surface area contributed by atoms with E-state index in [2.05, 4.69) is 38.1 Å². The molecule has 0 spiro atoms. The SMILES string of the molecule is CCCC[C@H]1CC[C@H](CCCOc2ccc(OCCC[C@H]3CC[C@H](CCCC)CC3)cc2)CC1. The molecule has 2 aliphatic carbocycles. The molecule has 0 aliphatic heterocycles. The monoisotopic (exact) mass is 470 g/mol. The zero-order valence-electron chi connectivity index (χ0n) is 22.6. The molecule has 0 unspecified atom stereocenters. The molecule has 2 heteroatoms. The fraction of sp³-hybridized carbons (Fsp3) is 0.812. The van der Waals surface area contributed by atoms with E-state index in [0.29, 0.717) is 0 Å². The number of ether oxygens (including phenoxy) is 2. The van der Waals surface area contributed by atoms with Crippen molar-refractivity contribution in [1.82, 2.24) is 0 Å². The van der Waals surface area contributed by atoms with Gasteiger partial charge in [0.1, 0.15) is 11.5 Å². The first-order valence-corrected chi connectivity index (χ1v) is 15.1. The maximum atomic E-state index is 6.01. The number of rotatable bonds is 16. The Balaban J connectivity index is 1.19. The van der Waals surface area contributed by atoms with E-state index in [1.807, 2.05) is 0 Å². The molecule has 0 saturated heterocycles. The summed E-state index contributed by atoms with van der Waals surface area (Å²) in [7, 11) is 0. The molecule has 34 heavy (non-hydrogen) atoms. The van der Waals surface area contributed by atoms with Gasteiger partial charge in [-0.2, -0.15) is 0 Å². The minimum Gasteiger partial charge on any atom is -0.494 e.